The molecule has 0 spiro atoms. The Morgan fingerprint density at radius 2 is 2.11 bits per heavy atom. The van der Waals surface area contributed by atoms with E-state index in [9.17, 15) is 0 Å². The molecule has 1 heterocycles. The molecule has 0 unspecified atom stereocenters. The highest BCUT2D eigenvalue weighted by atomic mass is 35.5. The second-order valence-electron chi connectivity index (χ2n) is 3.32. The number of benzene rings is 1. The molecule has 18 heavy (non-hydrogen) atoms. The van der Waals surface area contributed by atoms with Gasteiger partial charge in [-0.2, -0.15) is 4.68 Å². The zero-order valence-corrected chi connectivity index (χ0v) is 10.7. The van der Waals surface area contributed by atoms with E-state index in [0.29, 0.717) is 5.52 Å². The van der Waals surface area contributed by atoms with E-state index in [0.717, 1.165) is 5.52 Å². The molecule has 0 radical (unpaired) electrons. The van der Waals surface area contributed by atoms with Gasteiger partial charge in [-0.15, -0.1) is 5.10 Å². The van der Waals surface area contributed by atoms with E-state index in [1.54, 1.807) is 0 Å². The summed E-state index contributed by atoms with van der Waals surface area (Å²) in [6, 6.07) is 7.38. The quantitative estimate of drug-likeness (QED) is 0.522. The maximum absolute atomic E-state index is 5.98. The number of nitrogens with zero attached hydrogens (tertiary/aromatic N) is 4. The summed E-state index contributed by atoms with van der Waals surface area (Å²) < 4.78 is 1.45. The second kappa shape index (κ2) is 5.20. The van der Waals surface area contributed by atoms with Crippen molar-refractivity contribution in [1.82, 2.24) is 15.0 Å². The molecular weight excluding hydrogens is 273 g/mol. The smallest absolute Gasteiger partial charge is 0.177 e. The zero-order chi connectivity index (χ0) is 13.1. The van der Waals surface area contributed by atoms with Crippen LogP contribution in [0.4, 0.5) is 0 Å². The molecule has 92 valence electrons. The lowest BCUT2D eigenvalue weighted by Crippen LogP contribution is -2.15. The molecule has 2 N–H and O–H groups in total. The number of fused-ring (bicyclic) bond motifs is 1. The lowest BCUT2D eigenvalue weighted by atomic mass is 10.3. The predicted molar refractivity (Wildman–Crippen MR) is 73.5 cm³/mol. The summed E-state index contributed by atoms with van der Waals surface area (Å²) in [5, 5.41) is 8.24. The van der Waals surface area contributed by atoms with Crippen molar-refractivity contribution in [1.29, 1.82) is 0 Å². The topological polar surface area (TPSA) is 69.1 Å². The number of nitrogens with two attached hydrogens (primary N) is 1. The van der Waals surface area contributed by atoms with Crippen molar-refractivity contribution in [2.24, 2.45) is 10.7 Å². The number of halogens is 2. The molecule has 0 aliphatic rings. The van der Waals surface area contributed by atoms with Crippen molar-refractivity contribution in [2.45, 2.75) is 0 Å². The summed E-state index contributed by atoms with van der Waals surface area (Å²) >= 11 is 11.7. The molecule has 1 aromatic carbocycles. The van der Waals surface area contributed by atoms with Crippen LogP contribution >= 0.6 is 23.2 Å². The van der Waals surface area contributed by atoms with E-state index in [4.69, 9.17) is 28.9 Å². The van der Waals surface area contributed by atoms with Gasteiger partial charge in [0.25, 0.3) is 0 Å². The Balaban J connectivity index is 2.66. The van der Waals surface area contributed by atoms with E-state index < -0.39 is 0 Å². The first-order valence-corrected chi connectivity index (χ1v) is 5.70. The summed E-state index contributed by atoms with van der Waals surface area (Å²) in [6.07, 6.45) is 1.21. The Morgan fingerprint density at radius 1 is 1.39 bits per heavy atom. The third kappa shape index (κ3) is 2.37. The monoisotopic (exact) mass is 281 g/mol. The lowest BCUT2D eigenvalue weighted by Gasteiger charge is -2.04. The first-order valence-electron chi connectivity index (χ1n) is 4.95. The molecule has 0 amide bonds. The molecule has 0 atom stereocenters. The summed E-state index contributed by atoms with van der Waals surface area (Å²) in [7, 11) is 0. The van der Waals surface area contributed by atoms with Crippen molar-refractivity contribution in [3.63, 3.8) is 0 Å². The molecule has 0 saturated heterocycles. The van der Waals surface area contributed by atoms with Crippen LogP contribution in [0.5, 0.6) is 0 Å². The van der Waals surface area contributed by atoms with E-state index in [-0.39, 0.29) is 16.0 Å². The SMILES string of the molecule is C=C(Cl)/N=C(\C(Cl)=C/N)n1nnc2ccccc21. The minimum atomic E-state index is 0.0737. The largest absolute Gasteiger partial charge is 0.403 e. The van der Waals surface area contributed by atoms with Gasteiger partial charge in [0, 0.05) is 6.20 Å². The molecule has 1 aromatic heterocycles. The lowest BCUT2D eigenvalue weighted by molar-refractivity contribution is 0.862. The normalized spacial score (nSPS) is 13.0. The van der Waals surface area contributed by atoms with Crippen LogP contribution in [0.2, 0.25) is 0 Å². The van der Waals surface area contributed by atoms with Gasteiger partial charge in [0.15, 0.2) is 5.84 Å². The van der Waals surface area contributed by atoms with Crippen LogP contribution in [-0.4, -0.2) is 20.8 Å². The van der Waals surface area contributed by atoms with Crippen LogP contribution in [0.15, 0.2) is 52.2 Å². The number of para-hydroxylation sites is 1. The standard InChI is InChI=1S/C11H9Cl2N5/c1-7(12)15-11(8(13)6-14)18-10-5-3-2-4-9(10)16-17-18/h2-6H,1,14H2/b8-6+,15-11+. The van der Waals surface area contributed by atoms with Gasteiger partial charge in [-0.1, -0.05) is 47.1 Å². The van der Waals surface area contributed by atoms with Crippen molar-refractivity contribution >= 4 is 40.1 Å². The fourth-order valence-corrected chi connectivity index (χ4v) is 1.62. The van der Waals surface area contributed by atoms with Gasteiger partial charge < -0.3 is 5.73 Å². The molecular formula is C11H9Cl2N5. The van der Waals surface area contributed by atoms with Gasteiger partial charge in [-0.05, 0) is 12.1 Å². The third-order valence-electron chi connectivity index (χ3n) is 2.14. The Hall–Kier alpha value is -1.85. The van der Waals surface area contributed by atoms with Crippen LogP contribution in [0.3, 0.4) is 0 Å². The fourth-order valence-electron chi connectivity index (χ4n) is 1.42. The summed E-state index contributed by atoms with van der Waals surface area (Å²) in [4.78, 5) is 4.01. The molecule has 5 nitrogen and oxygen atoms in total. The van der Waals surface area contributed by atoms with Crippen molar-refractivity contribution in [3.05, 3.63) is 47.2 Å². The van der Waals surface area contributed by atoms with E-state index >= 15 is 0 Å². The third-order valence-corrected chi connectivity index (χ3v) is 2.52. The van der Waals surface area contributed by atoms with Gasteiger partial charge in [0.05, 0.1) is 5.52 Å². The molecule has 0 bridgehead atoms. The fraction of sp³-hybridized carbons (Fsp3) is 0. The van der Waals surface area contributed by atoms with Crippen LogP contribution < -0.4 is 5.73 Å². The Labute approximate surface area is 113 Å². The first kappa shape index (κ1) is 12.6. The molecule has 0 saturated carbocycles. The molecule has 0 aliphatic heterocycles. The summed E-state index contributed by atoms with van der Waals surface area (Å²) in [6.45, 7) is 3.49. The molecule has 7 heteroatoms. The predicted octanol–water partition coefficient (Wildman–Crippen LogP) is 2.43. The van der Waals surface area contributed by atoms with Gasteiger partial charge in [-0.25, -0.2) is 4.99 Å². The first-order chi connectivity index (χ1) is 8.63. The van der Waals surface area contributed by atoms with Gasteiger partial charge >= 0.3 is 0 Å². The Kier molecular flexibility index (Phi) is 3.64. The van der Waals surface area contributed by atoms with E-state index in [2.05, 4.69) is 21.9 Å². The van der Waals surface area contributed by atoms with Crippen LogP contribution in [0.1, 0.15) is 0 Å². The average Bonchev–Trinajstić information content (AvgIpc) is 2.78. The molecule has 2 aromatic rings. The van der Waals surface area contributed by atoms with Gasteiger partial charge in [0.2, 0.25) is 0 Å². The summed E-state index contributed by atoms with van der Waals surface area (Å²) in [5.74, 6) is 0.271. The molecule has 0 fully saturated rings. The Morgan fingerprint density at radius 3 is 2.78 bits per heavy atom. The number of allylic oxidation sites excluding steroid dienone is 1. The number of aromatic nitrogens is 3. The minimum absolute atomic E-state index is 0.0737. The zero-order valence-electron chi connectivity index (χ0n) is 9.22. The van der Waals surface area contributed by atoms with Crippen LogP contribution in [0, 0.1) is 0 Å². The van der Waals surface area contributed by atoms with Crippen molar-refractivity contribution in [3.8, 4) is 0 Å². The number of rotatable bonds is 2. The average molecular weight is 282 g/mol. The minimum Gasteiger partial charge on any atom is -0.403 e. The van der Waals surface area contributed by atoms with Crippen LogP contribution in [0.25, 0.3) is 11.0 Å². The highest BCUT2D eigenvalue weighted by Gasteiger charge is 2.13. The van der Waals surface area contributed by atoms with E-state index in [1.165, 1.54) is 10.9 Å². The summed E-state index contributed by atoms with van der Waals surface area (Å²) in [5.41, 5.74) is 6.85. The van der Waals surface area contributed by atoms with Crippen LogP contribution in [-0.2, 0) is 0 Å². The van der Waals surface area contributed by atoms with Gasteiger partial charge in [-0.3, -0.25) is 0 Å². The highest BCUT2D eigenvalue weighted by molar-refractivity contribution is 6.44. The van der Waals surface area contributed by atoms with E-state index in [1.807, 2.05) is 24.3 Å². The van der Waals surface area contributed by atoms with Crippen molar-refractivity contribution in [2.75, 3.05) is 0 Å². The number of aliphatic imine (C=N–C) groups is 1. The Bertz CT molecular complexity index is 656. The van der Waals surface area contributed by atoms with Gasteiger partial charge in [0.1, 0.15) is 15.7 Å². The maximum atomic E-state index is 5.98. The highest BCUT2D eigenvalue weighted by Crippen LogP contribution is 2.15. The molecule has 2 rings (SSSR count). The molecule has 0 aliphatic carbocycles. The number of hydrogen-bond donors (Lipinski definition) is 1. The second-order valence-corrected chi connectivity index (χ2v) is 4.16. The maximum Gasteiger partial charge on any atom is 0.177 e. The van der Waals surface area contributed by atoms with Crippen molar-refractivity contribution < 1.29 is 0 Å². The number of hydrogen-bond acceptors (Lipinski definition) is 4.